The van der Waals surface area contributed by atoms with Gasteiger partial charge < -0.3 is 20.2 Å². The second kappa shape index (κ2) is 6.64. The molecule has 2 aliphatic rings. The van der Waals surface area contributed by atoms with Crippen molar-refractivity contribution < 1.29 is 14.7 Å². The molecule has 2 amide bonds. The minimum Gasteiger partial charge on any atom is -0.481 e. The summed E-state index contributed by atoms with van der Waals surface area (Å²) in [6, 6.07) is 1.21. The Bertz CT molecular complexity index is 388. The van der Waals surface area contributed by atoms with Gasteiger partial charge in [0.1, 0.15) is 0 Å². The normalized spacial score (nSPS) is 30.5. The van der Waals surface area contributed by atoms with Crippen LogP contribution in [0.4, 0.5) is 4.79 Å². The Kier molecular flexibility index (Phi) is 5.08. The van der Waals surface area contributed by atoms with Gasteiger partial charge in [-0.3, -0.25) is 4.79 Å². The topological polar surface area (TPSA) is 72.9 Å². The SMILES string of the molecule is CC(CN(C)C(=O)NC1CC2CCCC(C1)N2C)C(=O)O. The predicted molar refractivity (Wildman–Crippen MR) is 80.2 cm³/mol. The summed E-state index contributed by atoms with van der Waals surface area (Å²) in [4.78, 5) is 27.0. The second-order valence-corrected chi connectivity index (χ2v) is 6.64. The van der Waals surface area contributed by atoms with Crippen LogP contribution in [0.25, 0.3) is 0 Å². The maximum atomic E-state index is 12.2. The summed E-state index contributed by atoms with van der Waals surface area (Å²) in [5, 5.41) is 12.0. The molecule has 0 radical (unpaired) electrons. The number of hydrogen-bond donors (Lipinski definition) is 2. The third kappa shape index (κ3) is 3.87. The molecule has 6 nitrogen and oxygen atoms in total. The number of carboxylic acid groups (broad SMARTS) is 1. The fourth-order valence-electron chi connectivity index (χ4n) is 3.59. The summed E-state index contributed by atoms with van der Waals surface area (Å²) >= 11 is 0. The van der Waals surface area contributed by atoms with E-state index >= 15 is 0 Å². The first kappa shape index (κ1) is 16.1. The van der Waals surface area contributed by atoms with Crippen LogP contribution in [-0.2, 0) is 4.79 Å². The maximum Gasteiger partial charge on any atom is 0.317 e. The van der Waals surface area contributed by atoms with E-state index in [0.29, 0.717) is 12.1 Å². The van der Waals surface area contributed by atoms with E-state index in [1.165, 1.54) is 24.2 Å². The van der Waals surface area contributed by atoms with Crippen molar-refractivity contribution >= 4 is 12.0 Å². The van der Waals surface area contributed by atoms with Gasteiger partial charge in [-0.1, -0.05) is 13.3 Å². The molecule has 2 fully saturated rings. The van der Waals surface area contributed by atoms with E-state index in [1.807, 2.05) is 0 Å². The lowest BCUT2D eigenvalue weighted by atomic mass is 9.82. The molecule has 0 aromatic carbocycles. The van der Waals surface area contributed by atoms with Gasteiger partial charge >= 0.3 is 12.0 Å². The van der Waals surface area contributed by atoms with Crippen molar-refractivity contribution in [2.24, 2.45) is 5.92 Å². The summed E-state index contributed by atoms with van der Waals surface area (Å²) in [5.74, 6) is -1.42. The molecule has 3 unspecified atom stereocenters. The van der Waals surface area contributed by atoms with E-state index in [4.69, 9.17) is 5.11 Å². The molecular weight excluding hydrogens is 270 g/mol. The summed E-state index contributed by atoms with van der Waals surface area (Å²) in [6.45, 7) is 1.85. The highest BCUT2D eigenvalue weighted by atomic mass is 16.4. The highest BCUT2D eigenvalue weighted by Gasteiger charge is 2.36. The zero-order chi connectivity index (χ0) is 15.6. The first-order chi connectivity index (χ1) is 9.88. The molecule has 21 heavy (non-hydrogen) atoms. The lowest BCUT2D eigenvalue weighted by molar-refractivity contribution is -0.141. The standard InChI is InChI=1S/C15H27N3O3/c1-10(14(19)20)9-17(2)15(21)16-11-7-12-5-4-6-13(8-11)18(12)3/h10-13H,4-9H2,1-3H3,(H,16,21)(H,19,20). The van der Waals surface area contributed by atoms with Gasteiger partial charge in [-0.2, -0.15) is 0 Å². The Morgan fingerprint density at radius 2 is 1.90 bits per heavy atom. The quantitative estimate of drug-likeness (QED) is 0.822. The monoisotopic (exact) mass is 297 g/mol. The van der Waals surface area contributed by atoms with E-state index in [1.54, 1.807) is 14.0 Å². The third-order valence-electron chi connectivity index (χ3n) is 4.98. The molecule has 3 atom stereocenters. The molecular formula is C15H27N3O3. The molecule has 2 aliphatic heterocycles. The number of carbonyl (C=O) groups excluding carboxylic acids is 1. The number of nitrogens with zero attached hydrogens (tertiary/aromatic N) is 2. The first-order valence-corrected chi connectivity index (χ1v) is 7.84. The van der Waals surface area contributed by atoms with Crippen LogP contribution in [-0.4, -0.2) is 65.7 Å². The Morgan fingerprint density at radius 1 is 1.33 bits per heavy atom. The summed E-state index contributed by atoms with van der Waals surface area (Å²) < 4.78 is 0. The Labute approximate surface area is 126 Å². The van der Waals surface area contributed by atoms with Gasteiger partial charge in [0.05, 0.1) is 5.92 Å². The number of piperidine rings is 2. The average molecular weight is 297 g/mol. The average Bonchev–Trinajstić information content (AvgIpc) is 2.39. The Morgan fingerprint density at radius 3 is 2.43 bits per heavy atom. The highest BCUT2D eigenvalue weighted by Crippen LogP contribution is 2.32. The number of nitrogens with one attached hydrogen (secondary N) is 1. The number of aliphatic carboxylic acids is 1. The van der Waals surface area contributed by atoms with Gasteiger partial charge in [-0.15, -0.1) is 0 Å². The van der Waals surface area contributed by atoms with Crippen molar-refractivity contribution in [3.63, 3.8) is 0 Å². The van der Waals surface area contributed by atoms with Crippen LogP contribution in [0.1, 0.15) is 39.0 Å². The molecule has 0 spiro atoms. The van der Waals surface area contributed by atoms with Gasteiger partial charge in [0, 0.05) is 31.7 Å². The first-order valence-electron chi connectivity index (χ1n) is 7.84. The number of fused-ring (bicyclic) bond motifs is 2. The van der Waals surface area contributed by atoms with E-state index in [-0.39, 0.29) is 18.6 Å². The zero-order valence-electron chi connectivity index (χ0n) is 13.2. The van der Waals surface area contributed by atoms with Crippen LogP contribution in [0.15, 0.2) is 0 Å². The van der Waals surface area contributed by atoms with Gasteiger partial charge in [-0.25, -0.2) is 4.79 Å². The van der Waals surface area contributed by atoms with E-state index < -0.39 is 11.9 Å². The Balaban J connectivity index is 1.84. The van der Waals surface area contributed by atoms with Crippen molar-refractivity contribution in [3.8, 4) is 0 Å². The minimum atomic E-state index is -0.872. The number of amides is 2. The predicted octanol–water partition coefficient (Wildman–Crippen LogP) is 1.36. The highest BCUT2D eigenvalue weighted by molar-refractivity contribution is 5.76. The molecule has 2 rings (SSSR count). The van der Waals surface area contributed by atoms with Gasteiger partial charge in [0.25, 0.3) is 0 Å². The van der Waals surface area contributed by atoms with Crippen molar-refractivity contribution in [2.75, 3.05) is 20.6 Å². The van der Waals surface area contributed by atoms with Crippen LogP contribution in [0.2, 0.25) is 0 Å². The van der Waals surface area contributed by atoms with E-state index in [2.05, 4.69) is 17.3 Å². The molecule has 0 aliphatic carbocycles. The molecule has 0 aromatic rings. The number of hydrogen-bond acceptors (Lipinski definition) is 3. The molecule has 0 saturated carbocycles. The Hall–Kier alpha value is -1.30. The fraction of sp³-hybridized carbons (Fsp3) is 0.867. The molecule has 120 valence electrons. The van der Waals surface area contributed by atoms with E-state index in [9.17, 15) is 9.59 Å². The number of carboxylic acids is 1. The third-order valence-corrected chi connectivity index (χ3v) is 4.98. The van der Waals surface area contributed by atoms with Crippen LogP contribution in [0, 0.1) is 5.92 Å². The number of carbonyl (C=O) groups is 2. The molecule has 0 aromatic heterocycles. The maximum absolute atomic E-state index is 12.2. The second-order valence-electron chi connectivity index (χ2n) is 6.64. The van der Waals surface area contributed by atoms with Crippen molar-refractivity contribution in [1.82, 2.24) is 15.1 Å². The lowest BCUT2D eigenvalue weighted by Crippen LogP contribution is -2.56. The van der Waals surface area contributed by atoms with Crippen LogP contribution in [0.3, 0.4) is 0 Å². The van der Waals surface area contributed by atoms with E-state index in [0.717, 1.165) is 12.8 Å². The molecule has 2 saturated heterocycles. The summed E-state index contributed by atoms with van der Waals surface area (Å²) in [7, 11) is 3.84. The smallest absolute Gasteiger partial charge is 0.317 e. The number of rotatable bonds is 4. The summed E-state index contributed by atoms with van der Waals surface area (Å²) in [5.41, 5.74) is 0. The molecule has 2 bridgehead atoms. The van der Waals surface area contributed by atoms with Crippen molar-refractivity contribution in [1.29, 1.82) is 0 Å². The summed E-state index contributed by atoms with van der Waals surface area (Å²) in [6.07, 6.45) is 5.72. The molecule has 2 heterocycles. The molecule has 6 heteroatoms. The van der Waals surface area contributed by atoms with Crippen LogP contribution < -0.4 is 5.32 Å². The zero-order valence-corrected chi connectivity index (χ0v) is 13.2. The lowest BCUT2D eigenvalue weighted by Gasteiger charge is -2.47. The van der Waals surface area contributed by atoms with Crippen molar-refractivity contribution in [3.05, 3.63) is 0 Å². The largest absolute Gasteiger partial charge is 0.481 e. The minimum absolute atomic E-state index is 0.157. The van der Waals surface area contributed by atoms with Gasteiger partial charge in [0.15, 0.2) is 0 Å². The van der Waals surface area contributed by atoms with Crippen LogP contribution in [0.5, 0.6) is 0 Å². The van der Waals surface area contributed by atoms with Gasteiger partial charge in [-0.05, 0) is 32.7 Å². The molecule has 2 N–H and O–H groups in total. The number of urea groups is 1. The fourth-order valence-corrected chi connectivity index (χ4v) is 3.59. The van der Waals surface area contributed by atoms with Crippen molar-refractivity contribution in [2.45, 2.75) is 57.2 Å². The van der Waals surface area contributed by atoms with Crippen LogP contribution >= 0.6 is 0 Å². The van der Waals surface area contributed by atoms with Gasteiger partial charge in [0.2, 0.25) is 0 Å².